The molecular formula is C9H13F3N2OS. The Morgan fingerprint density at radius 3 is 2.50 bits per heavy atom. The van der Waals surface area contributed by atoms with Gasteiger partial charge in [0.05, 0.1) is 7.11 Å². The topological polar surface area (TPSA) is 34.1 Å². The number of aromatic nitrogens is 1. The van der Waals surface area contributed by atoms with Gasteiger partial charge in [-0.1, -0.05) is 0 Å². The summed E-state index contributed by atoms with van der Waals surface area (Å²) < 4.78 is 45.7. The molecule has 1 aromatic heterocycles. The molecule has 16 heavy (non-hydrogen) atoms. The summed E-state index contributed by atoms with van der Waals surface area (Å²) in [5.74, 6) is 0.424. The maximum atomic E-state index is 12.3. The Bertz CT molecular complexity index is 340. The second kappa shape index (κ2) is 5.01. The number of halogens is 3. The van der Waals surface area contributed by atoms with Crippen LogP contribution in [0.1, 0.15) is 24.8 Å². The monoisotopic (exact) mass is 254 g/mol. The summed E-state index contributed by atoms with van der Waals surface area (Å²) >= 11 is 1.13. The first-order chi connectivity index (χ1) is 7.34. The molecule has 0 amide bonds. The van der Waals surface area contributed by atoms with Gasteiger partial charge < -0.3 is 4.74 Å². The number of alkyl halides is 3. The van der Waals surface area contributed by atoms with Crippen molar-refractivity contribution in [3.63, 3.8) is 0 Å². The normalized spacial score (nSPS) is 15.9. The average molecular weight is 254 g/mol. The van der Waals surface area contributed by atoms with E-state index in [-0.39, 0.29) is 0 Å². The Morgan fingerprint density at radius 1 is 1.44 bits per heavy atom. The van der Waals surface area contributed by atoms with Crippen LogP contribution in [0.15, 0.2) is 6.07 Å². The molecule has 0 radical (unpaired) electrons. The number of rotatable bonds is 4. The van der Waals surface area contributed by atoms with Gasteiger partial charge in [0.25, 0.3) is 0 Å². The number of hydrogen-bond donors (Lipinski definition) is 1. The molecule has 1 aromatic rings. The van der Waals surface area contributed by atoms with Gasteiger partial charge in [-0.3, -0.25) is 5.32 Å². The van der Waals surface area contributed by atoms with Crippen molar-refractivity contribution in [1.29, 1.82) is 0 Å². The van der Waals surface area contributed by atoms with Crippen LogP contribution in [0.4, 0.5) is 13.2 Å². The van der Waals surface area contributed by atoms with Gasteiger partial charge >= 0.3 is 6.18 Å². The fourth-order valence-electron chi connectivity index (χ4n) is 1.12. The third kappa shape index (κ3) is 3.34. The maximum absolute atomic E-state index is 12.3. The number of methoxy groups -OCH3 is 1. The molecule has 92 valence electrons. The van der Waals surface area contributed by atoms with E-state index in [0.29, 0.717) is 10.8 Å². The lowest BCUT2D eigenvalue weighted by Gasteiger charge is -2.21. The van der Waals surface area contributed by atoms with E-state index in [2.05, 4.69) is 9.69 Å². The molecule has 0 aliphatic heterocycles. The largest absolute Gasteiger partial charge is 0.480 e. The molecule has 0 saturated carbocycles. The van der Waals surface area contributed by atoms with Gasteiger partial charge in [0.2, 0.25) is 5.88 Å². The van der Waals surface area contributed by atoms with Crippen molar-refractivity contribution in [3.05, 3.63) is 10.9 Å². The average Bonchev–Trinajstić information content (AvgIpc) is 2.64. The molecule has 7 heteroatoms. The molecule has 1 rings (SSSR count). The summed E-state index contributed by atoms with van der Waals surface area (Å²) in [6.07, 6.45) is -4.23. The molecule has 1 heterocycles. The molecular weight excluding hydrogens is 241 g/mol. The van der Waals surface area contributed by atoms with Crippen molar-refractivity contribution in [3.8, 4) is 5.88 Å². The summed E-state index contributed by atoms with van der Waals surface area (Å²) in [4.78, 5) is 0.716. The molecule has 1 N–H and O–H groups in total. The SMILES string of the molecule is COc1cc(C(C)NC(C)C(F)(F)F)sn1. The first-order valence-electron chi connectivity index (χ1n) is 4.68. The van der Waals surface area contributed by atoms with E-state index in [9.17, 15) is 13.2 Å². The van der Waals surface area contributed by atoms with Crippen LogP contribution in [-0.2, 0) is 0 Å². The predicted octanol–water partition coefficient (Wildman–Crippen LogP) is 2.75. The lowest BCUT2D eigenvalue weighted by molar-refractivity contribution is -0.153. The van der Waals surface area contributed by atoms with Crippen LogP contribution >= 0.6 is 11.5 Å². The van der Waals surface area contributed by atoms with Crippen molar-refractivity contribution in [2.24, 2.45) is 0 Å². The van der Waals surface area contributed by atoms with Gasteiger partial charge in [-0.25, -0.2) is 0 Å². The van der Waals surface area contributed by atoms with Gasteiger partial charge in [-0.2, -0.15) is 17.5 Å². The number of nitrogens with one attached hydrogen (secondary N) is 1. The highest BCUT2D eigenvalue weighted by Gasteiger charge is 2.36. The van der Waals surface area contributed by atoms with Gasteiger partial charge in [0.15, 0.2) is 0 Å². The molecule has 3 nitrogen and oxygen atoms in total. The van der Waals surface area contributed by atoms with Gasteiger partial charge in [0, 0.05) is 17.0 Å². The first-order valence-corrected chi connectivity index (χ1v) is 5.45. The van der Waals surface area contributed by atoms with E-state index < -0.39 is 18.3 Å². The maximum Gasteiger partial charge on any atom is 0.403 e. The van der Waals surface area contributed by atoms with Crippen molar-refractivity contribution in [1.82, 2.24) is 9.69 Å². The van der Waals surface area contributed by atoms with Crippen LogP contribution in [-0.4, -0.2) is 23.7 Å². The van der Waals surface area contributed by atoms with Crippen molar-refractivity contribution in [2.45, 2.75) is 32.1 Å². The van der Waals surface area contributed by atoms with E-state index in [4.69, 9.17) is 4.74 Å². The molecule has 0 aliphatic rings. The van der Waals surface area contributed by atoms with Crippen LogP contribution in [0.3, 0.4) is 0 Å². The molecule has 0 spiro atoms. The second-order valence-electron chi connectivity index (χ2n) is 3.42. The lowest BCUT2D eigenvalue weighted by atomic mass is 10.2. The van der Waals surface area contributed by atoms with Crippen LogP contribution in [0.5, 0.6) is 5.88 Å². The summed E-state index contributed by atoms with van der Waals surface area (Å²) in [5, 5.41) is 2.46. The molecule has 0 bridgehead atoms. The highest BCUT2D eigenvalue weighted by Crippen LogP contribution is 2.26. The van der Waals surface area contributed by atoms with Gasteiger partial charge in [0.1, 0.15) is 6.04 Å². The van der Waals surface area contributed by atoms with E-state index in [1.165, 1.54) is 7.11 Å². The zero-order valence-corrected chi connectivity index (χ0v) is 9.95. The minimum Gasteiger partial charge on any atom is -0.480 e. The molecule has 0 aliphatic carbocycles. The van der Waals surface area contributed by atoms with Crippen molar-refractivity contribution < 1.29 is 17.9 Å². The minimum absolute atomic E-state index is 0.405. The van der Waals surface area contributed by atoms with E-state index in [1.54, 1.807) is 13.0 Å². The number of hydrogen-bond acceptors (Lipinski definition) is 4. The molecule has 0 fully saturated rings. The highest BCUT2D eigenvalue weighted by atomic mass is 32.1. The van der Waals surface area contributed by atoms with Gasteiger partial charge in [-0.15, -0.1) is 0 Å². The van der Waals surface area contributed by atoms with Crippen LogP contribution < -0.4 is 10.1 Å². The summed E-state index contributed by atoms with van der Waals surface area (Å²) in [6, 6.07) is -0.320. The Morgan fingerprint density at radius 2 is 2.06 bits per heavy atom. The Hall–Kier alpha value is -0.820. The smallest absolute Gasteiger partial charge is 0.403 e. The number of ether oxygens (including phenoxy) is 1. The molecule has 0 aromatic carbocycles. The zero-order chi connectivity index (χ0) is 12.3. The summed E-state index contributed by atoms with van der Waals surface area (Å²) in [7, 11) is 1.47. The fourth-order valence-corrected chi connectivity index (χ4v) is 1.83. The highest BCUT2D eigenvalue weighted by molar-refractivity contribution is 7.06. The second-order valence-corrected chi connectivity index (χ2v) is 4.26. The van der Waals surface area contributed by atoms with E-state index in [0.717, 1.165) is 18.5 Å². The van der Waals surface area contributed by atoms with E-state index in [1.807, 2.05) is 0 Å². The quantitative estimate of drug-likeness (QED) is 0.897. The third-order valence-corrected chi connectivity index (χ3v) is 3.09. The lowest BCUT2D eigenvalue weighted by Crippen LogP contribution is -2.40. The standard InChI is InChI=1S/C9H13F3N2OS/c1-5(13-6(2)9(10,11)12)7-4-8(15-3)14-16-7/h4-6,13H,1-3H3. The van der Waals surface area contributed by atoms with Crippen LogP contribution in [0.25, 0.3) is 0 Å². The molecule has 2 atom stereocenters. The third-order valence-electron chi connectivity index (χ3n) is 2.13. The van der Waals surface area contributed by atoms with Gasteiger partial charge in [-0.05, 0) is 25.4 Å². The molecule has 2 unspecified atom stereocenters. The Balaban J connectivity index is 2.61. The minimum atomic E-state index is -4.23. The molecule has 0 saturated heterocycles. The van der Waals surface area contributed by atoms with E-state index >= 15 is 0 Å². The van der Waals surface area contributed by atoms with Crippen molar-refractivity contribution in [2.75, 3.05) is 7.11 Å². The Kier molecular flexibility index (Phi) is 4.15. The summed E-state index contributed by atoms with van der Waals surface area (Å²) in [6.45, 7) is 2.75. The van der Waals surface area contributed by atoms with Crippen LogP contribution in [0, 0.1) is 0 Å². The summed E-state index contributed by atoms with van der Waals surface area (Å²) in [5.41, 5.74) is 0. The fraction of sp³-hybridized carbons (Fsp3) is 0.667. The Labute approximate surface area is 95.8 Å². The first kappa shape index (κ1) is 13.2. The number of nitrogens with zero attached hydrogens (tertiary/aromatic N) is 1. The van der Waals surface area contributed by atoms with Crippen LogP contribution in [0.2, 0.25) is 0 Å². The van der Waals surface area contributed by atoms with Crippen molar-refractivity contribution >= 4 is 11.5 Å². The zero-order valence-electron chi connectivity index (χ0n) is 9.13. The predicted molar refractivity (Wildman–Crippen MR) is 55.7 cm³/mol.